The third-order valence-electron chi connectivity index (χ3n) is 6.23. The van der Waals surface area contributed by atoms with E-state index in [-0.39, 0.29) is 36.8 Å². The molecule has 2 heterocycles. The first-order valence-corrected chi connectivity index (χ1v) is 15.7. The summed E-state index contributed by atoms with van der Waals surface area (Å²) >= 11 is 0. The van der Waals surface area contributed by atoms with Crippen LogP contribution in [0.4, 0.5) is 0 Å². The lowest BCUT2D eigenvalue weighted by molar-refractivity contribution is -0.0453. The molecule has 1 aliphatic rings. The number of phosphoric acid groups is 1. The minimum absolute atomic E-state index is 0.0148. The van der Waals surface area contributed by atoms with Crippen LogP contribution in [0.15, 0.2) is 15.8 Å². The Morgan fingerprint density at radius 2 is 1.76 bits per heavy atom. The molecule has 33 heavy (non-hydrogen) atoms. The highest BCUT2D eigenvalue weighted by Gasteiger charge is 2.45. The van der Waals surface area contributed by atoms with Gasteiger partial charge in [0.2, 0.25) is 0 Å². The number of hydrogen-bond donors (Lipinski definition) is 0. The molecule has 0 unspecified atom stereocenters. The third kappa shape index (κ3) is 6.54. The first kappa shape index (κ1) is 28.2. The fourth-order valence-electron chi connectivity index (χ4n) is 3.27. The van der Waals surface area contributed by atoms with Crippen molar-refractivity contribution in [1.29, 1.82) is 0 Å². The van der Waals surface area contributed by atoms with Gasteiger partial charge in [-0.25, -0.2) is 9.36 Å². The average molecular weight is 507 g/mol. The zero-order valence-corrected chi connectivity index (χ0v) is 23.1. The predicted molar refractivity (Wildman–Crippen MR) is 128 cm³/mol. The van der Waals surface area contributed by atoms with Gasteiger partial charge in [-0.2, -0.15) is 0 Å². The van der Waals surface area contributed by atoms with Crippen LogP contribution in [-0.2, 0) is 34.3 Å². The van der Waals surface area contributed by atoms with Crippen LogP contribution in [0.5, 0.6) is 0 Å². The fourth-order valence-corrected chi connectivity index (χ4v) is 5.67. The Morgan fingerprint density at radius 3 is 2.27 bits per heavy atom. The summed E-state index contributed by atoms with van der Waals surface area (Å²) in [6, 6.07) is 0. The van der Waals surface area contributed by atoms with E-state index in [2.05, 4.69) is 33.9 Å². The molecule has 2 rings (SSSR count). The van der Waals surface area contributed by atoms with Crippen molar-refractivity contribution in [2.24, 2.45) is 7.05 Å². The van der Waals surface area contributed by atoms with Gasteiger partial charge in [-0.05, 0) is 38.9 Å². The zero-order valence-electron chi connectivity index (χ0n) is 21.2. The van der Waals surface area contributed by atoms with Crippen LogP contribution < -0.4 is 11.2 Å². The van der Waals surface area contributed by atoms with Crippen molar-refractivity contribution >= 4 is 16.1 Å². The molecule has 12 heteroatoms. The molecular formula is C21H39N2O8PSi. The van der Waals surface area contributed by atoms with Gasteiger partial charge in [0.1, 0.15) is 18.4 Å². The summed E-state index contributed by atoms with van der Waals surface area (Å²) in [5.41, 5.74) is -0.455. The highest BCUT2D eigenvalue weighted by molar-refractivity contribution is 7.48. The van der Waals surface area contributed by atoms with E-state index in [1.807, 2.05) is 0 Å². The molecule has 0 radical (unpaired) electrons. The van der Waals surface area contributed by atoms with Gasteiger partial charge in [0, 0.05) is 25.2 Å². The van der Waals surface area contributed by atoms with Crippen LogP contribution in [0, 0.1) is 6.92 Å². The van der Waals surface area contributed by atoms with Gasteiger partial charge >= 0.3 is 13.5 Å². The molecule has 1 saturated heterocycles. The summed E-state index contributed by atoms with van der Waals surface area (Å²) in [5, 5.41) is -0.0148. The van der Waals surface area contributed by atoms with Crippen molar-refractivity contribution in [3.63, 3.8) is 0 Å². The maximum atomic E-state index is 13.1. The van der Waals surface area contributed by atoms with Crippen LogP contribution in [0.25, 0.3) is 0 Å². The molecule has 0 amide bonds. The SMILES string of the molecule is CCOP(=O)(OCC)O[C@H]1C[C@H](n2cc(C)c(=O)n(C)c2=O)O[C@@H]1CO[Si](C)(C)C(C)(C)C. The molecule has 10 nitrogen and oxygen atoms in total. The lowest BCUT2D eigenvalue weighted by Crippen LogP contribution is -2.44. The fraction of sp³-hybridized carbons (Fsp3) is 0.810. The first-order valence-electron chi connectivity index (χ1n) is 11.3. The van der Waals surface area contributed by atoms with Crippen molar-refractivity contribution in [2.45, 2.75) is 84.5 Å². The summed E-state index contributed by atoms with van der Waals surface area (Å²) in [6.45, 7) is 16.2. The van der Waals surface area contributed by atoms with Gasteiger partial charge < -0.3 is 9.16 Å². The van der Waals surface area contributed by atoms with Gasteiger partial charge in [-0.15, -0.1) is 0 Å². The Labute approximate surface area is 196 Å². The molecule has 0 aliphatic carbocycles. The summed E-state index contributed by atoms with van der Waals surface area (Å²) in [7, 11) is -4.51. The minimum atomic E-state index is -3.83. The maximum absolute atomic E-state index is 13.1. The Bertz CT molecular complexity index is 974. The number of ether oxygens (including phenoxy) is 1. The molecule has 1 aromatic rings. The van der Waals surface area contributed by atoms with Crippen LogP contribution >= 0.6 is 7.82 Å². The quantitative estimate of drug-likeness (QED) is 0.349. The Hall–Kier alpha value is -1.07. The van der Waals surface area contributed by atoms with Crippen LogP contribution in [0.1, 0.15) is 52.8 Å². The van der Waals surface area contributed by atoms with Gasteiger partial charge in [-0.1, -0.05) is 20.8 Å². The summed E-state index contributed by atoms with van der Waals surface area (Å²) in [6.07, 6.45) is -0.338. The normalized spacial score (nSPS) is 22.2. The number of aryl methyl sites for hydroxylation is 1. The van der Waals surface area contributed by atoms with E-state index in [0.717, 1.165) is 4.57 Å². The van der Waals surface area contributed by atoms with Crippen molar-refractivity contribution in [3.8, 4) is 0 Å². The molecule has 1 fully saturated rings. The number of rotatable bonds is 10. The van der Waals surface area contributed by atoms with E-state index in [1.165, 1.54) is 17.8 Å². The maximum Gasteiger partial charge on any atom is 0.475 e. The third-order valence-corrected chi connectivity index (χ3v) is 12.4. The Morgan fingerprint density at radius 1 is 1.18 bits per heavy atom. The van der Waals surface area contributed by atoms with E-state index in [0.29, 0.717) is 5.56 Å². The molecule has 0 saturated carbocycles. The molecule has 190 valence electrons. The van der Waals surface area contributed by atoms with Gasteiger partial charge in [0.15, 0.2) is 8.32 Å². The molecular weight excluding hydrogens is 467 g/mol. The first-order chi connectivity index (χ1) is 15.2. The van der Waals surface area contributed by atoms with Crippen LogP contribution in [-0.4, -0.2) is 49.5 Å². The molecule has 1 aromatic heterocycles. The number of nitrogens with zero attached hydrogens (tertiary/aromatic N) is 2. The summed E-state index contributed by atoms with van der Waals surface area (Å²) < 4.78 is 44.5. The number of hydrogen-bond acceptors (Lipinski definition) is 8. The molecule has 0 aromatic carbocycles. The van der Waals surface area contributed by atoms with Crippen LogP contribution in [0.2, 0.25) is 18.1 Å². The van der Waals surface area contributed by atoms with E-state index < -0.39 is 40.3 Å². The Balaban J connectivity index is 2.37. The molecule has 1 aliphatic heterocycles. The van der Waals surface area contributed by atoms with Gasteiger partial charge in [0.05, 0.1) is 19.8 Å². The van der Waals surface area contributed by atoms with Crippen molar-refractivity contribution < 1.29 is 27.3 Å². The zero-order chi connectivity index (χ0) is 25.2. The second kappa shape index (κ2) is 10.7. The van der Waals surface area contributed by atoms with Crippen molar-refractivity contribution in [1.82, 2.24) is 9.13 Å². The molecule has 0 N–H and O–H groups in total. The minimum Gasteiger partial charge on any atom is -0.414 e. The van der Waals surface area contributed by atoms with Crippen molar-refractivity contribution in [3.05, 3.63) is 32.6 Å². The smallest absolute Gasteiger partial charge is 0.414 e. The monoisotopic (exact) mass is 506 g/mol. The lowest BCUT2D eigenvalue weighted by Gasteiger charge is -2.37. The molecule has 3 atom stereocenters. The average Bonchev–Trinajstić information content (AvgIpc) is 3.09. The number of aromatic nitrogens is 2. The summed E-state index contributed by atoms with van der Waals surface area (Å²) in [5.74, 6) is 0. The highest BCUT2D eigenvalue weighted by atomic mass is 31.2. The largest absolute Gasteiger partial charge is 0.475 e. The van der Waals surface area contributed by atoms with E-state index >= 15 is 0 Å². The summed E-state index contributed by atoms with van der Waals surface area (Å²) in [4.78, 5) is 24.9. The topological polar surface area (TPSA) is 107 Å². The standard InChI is InChI=1S/C21H39N2O8PSi/c1-10-27-32(26,28-11-2)31-16-12-18(23-13-15(3)19(24)22(7)20(23)25)30-17(16)14-29-33(8,9)21(4,5)6/h13,16-18H,10-12,14H2,1-9H3/t16-,17+,18+/m0/s1. The van der Waals surface area contributed by atoms with Crippen LogP contribution in [0.3, 0.4) is 0 Å². The van der Waals surface area contributed by atoms with Crippen molar-refractivity contribution in [2.75, 3.05) is 19.8 Å². The molecule has 0 bridgehead atoms. The number of phosphoric ester groups is 1. The lowest BCUT2D eigenvalue weighted by atomic mass is 10.2. The second-order valence-corrected chi connectivity index (χ2v) is 16.2. The molecule has 0 spiro atoms. The van der Waals surface area contributed by atoms with Gasteiger partial charge in [-0.3, -0.25) is 27.5 Å². The highest BCUT2D eigenvalue weighted by Crippen LogP contribution is 2.53. The second-order valence-electron chi connectivity index (χ2n) is 9.73. The van der Waals surface area contributed by atoms with E-state index in [9.17, 15) is 14.2 Å². The van der Waals surface area contributed by atoms with E-state index in [1.54, 1.807) is 20.8 Å². The van der Waals surface area contributed by atoms with E-state index in [4.69, 9.17) is 22.7 Å². The Kier molecular flexibility index (Phi) is 9.12. The predicted octanol–water partition coefficient (Wildman–Crippen LogP) is 3.73. The van der Waals surface area contributed by atoms with Gasteiger partial charge in [0.25, 0.3) is 5.56 Å².